The van der Waals surface area contributed by atoms with E-state index in [9.17, 15) is 13.2 Å². The maximum absolute atomic E-state index is 12.8. The predicted molar refractivity (Wildman–Crippen MR) is 105 cm³/mol. The molecule has 0 bridgehead atoms. The van der Waals surface area contributed by atoms with Gasteiger partial charge in [-0.1, -0.05) is 24.3 Å². The molecule has 0 radical (unpaired) electrons. The van der Waals surface area contributed by atoms with Gasteiger partial charge in [0, 0.05) is 12.2 Å². The Kier molecular flexibility index (Phi) is 4.78. The second kappa shape index (κ2) is 7.09. The molecule has 1 N–H and O–H groups in total. The fourth-order valence-corrected chi connectivity index (χ4v) is 5.28. The molecule has 0 spiro atoms. The van der Waals surface area contributed by atoms with Crippen molar-refractivity contribution in [2.24, 2.45) is 0 Å². The molecule has 1 heterocycles. The molecule has 27 heavy (non-hydrogen) atoms. The van der Waals surface area contributed by atoms with Gasteiger partial charge in [-0.05, 0) is 73.9 Å². The molecular weight excluding hydrogens is 360 g/mol. The second-order valence-electron chi connectivity index (χ2n) is 7.35. The highest BCUT2D eigenvalue weighted by Crippen LogP contribution is 2.28. The minimum Gasteiger partial charge on any atom is -0.310 e. The third-order valence-corrected chi connectivity index (χ3v) is 7.02. The Hall–Kier alpha value is -2.18. The van der Waals surface area contributed by atoms with Crippen molar-refractivity contribution in [3.05, 3.63) is 59.2 Å². The Labute approximate surface area is 160 Å². The lowest BCUT2D eigenvalue weighted by molar-refractivity contribution is -0.119. The summed E-state index contributed by atoms with van der Waals surface area (Å²) in [6, 6.07) is 12.3. The summed E-state index contributed by atoms with van der Waals surface area (Å²) in [6.45, 7) is 2.20. The molecule has 5 nitrogen and oxygen atoms in total. The Morgan fingerprint density at radius 3 is 2.56 bits per heavy atom. The van der Waals surface area contributed by atoms with E-state index in [1.165, 1.54) is 5.56 Å². The first kappa shape index (κ1) is 18.2. The van der Waals surface area contributed by atoms with Crippen LogP contribution in [0, 0.1) is 0 Å². The van der Waals surface area contributed by atoms with E-state index >= 15 is 0 Å². The fraction of sp³-hybridized carbons (Fsp3) is 0.381. The van der Waals surface area contributed by atoms with E-state index in [2.05, 4.69) is 4.72 Å². The maximum Gasteiger partial charge on any atom is 0.244 e. The Morgan fingerprint density at radius 1 is 1.00 bits per heavy atom. The molecule has 1 atom stereocenters. The molecule has 0 saturated carbocycles. The minimum atomic E-state index is -3.74. The average Bonchev–Trinajstić information content (AvgIpc) is 3.10. The number of benzene rings is 2. The standard InChI is InChI=1S/C21H24N2O3S/c1-15(21(24)23-13-12-17-7-4-5-9-20(17)23)22-27(25,26)19-11-10-16-6-2-3-8-18(16)14-19/h4-5,7,9-11,14-15,22H,2-3,6,8,12-13H2,1H3/t15-/m0/s1. The first-order chi connectivity index (χ1) is 13.0. The lowest BCUT2D eigenvalue weighted by Gasteiger charge is -2.23. The molecule has 2 aliphatic rings. The van der Waals surface area contributed by atoms with Crippen LogP contribution in [0.25, 0.3) is 0 Å². The van der Waals surface area contributed by atoms with E-state index in [-0.39, 0.29) is 10.8 Å². The fourth-order valence-electron chi connectivity index (χ4n) is 4.03. The minimum absolute atomic E-state index is 0.221. The van der Waals surface area contributed by atoms with Gasteiger partial charge in [0.05, 0.1) is 10.9 Å². The number of anilines is 1. The van der Waals surface area contributed by atoms with Crippen LogP contribution in [0.1, 0.15) is 36.5 Å². The summed E-state index contributed by atoms with van der Waals surface area (Å²) in [6.07, 6.45) is 4.96. The van der Waals surface area contributed by atoms with E-state index < -0.39 is 16.1 Å². The number of nitrogens with zero attached hydrogens (tertiary/aromatic N) is 1. The average molecular weight is 385 g/mol. The van der Waals surface area contributed by atoms with Gasteiger partial charge < -0.3 is 4.90 Å². The number of carbonyl (C=O) groups is 1. The molecule has 2 aromatic carbocycles. The van der Waals surface area contributed by atoms with Gasteiger partial charge in [-0.2, -0.15) is 4.72 Å². The molecule has 1 amide bonds. The number of amides is 1. The molecule has 0 saturated heterocycles. The SMILES string of the molecule is C[C@H](NS(=O)(=O)c1ccc2c(c1)CCCC2)C(=O)N1CCc2ccccc21. The molecule has 142 valence electrons. The molecule has 2 aromatic rings. The lowest BCUT2D eigenvalue weighted by Crippen LogP contribution is -2.46. The van der Waals surface area contributed by atoms with E-state index in [0.717, 1.165) is 48.9 Å². The van der Waals surface area contributed by atoms with Gasteiger partial charge >= 0.3 is 0 Å². The molecular formula is C21H24N2O3S. The van der Waals surface area contributed by atoms with Crippen molar-refractivity contribution in [1.29, 1.82) is 0 Å². The molecule has 0 aromatic heterocycles. The zero-order valence-electron chi connectivity index (χ0n) is 15.4. The highest BCUT2D eigenvalue weighted by atomic mass is 32.2. The Bertz CT molecular complexity index is 985. The molecule has 4 rings (SSSR count). The van der Waals surface area contributed by atoms with Gasteiger partial charge in [-0.15, -0.1) is 0 Å². The number of para-hydroxylation sites is 1. The van der Waals surface area contributed by atoms with Crippen molar-refractivity contribution in [3.63, 3.8) is 0 Å². The number of hydrogen-bond donors (Lipinski definition) is 1. The number of nitrogens with one attached hydrogen (secondary N) is 1. The van der Waals surface area contributed by atoms with Crippen LogP contribution in [-0.4, -0.2) is 26.9 Å². The van der Waals surface area contributed by atoms with Crippen LogP contribution in [0.3, 0.4) is 0 Å². The van der Waals surface area contributed by atoms with Gasteiger partial charge in [-0.3, -0.25) is 4.79 Å². The largest absolute Gasteiger partial charge is 0.310 e. The summed E-state index contributed by atoms with van der Waals surface area (Å²) >= 11 is 0. The van der Waals surface area contributed by atoms with E-state index in [1.54, 1.807) is 24.0 Å². The van der Waals surface area contributed by atoms with Gasteiger partial charge in [0.15, 0.2) is 0 Å². The summed E-state index contributed by atoms with van der Waals surface area (Å²) in [4.78, 5) is 14.8. The van der Waals surface area contributed by atoms with Crippen LogP contribution in [0.15, 0.2) is 47.4 Å². The number of carbonyl (C=O) groups excluding carboxylic acids is 1. The molecule has 0 unspecified atom stereocenters. The second-order valence-corrected chi connectivity index (χ2v) is 9.06. The van der Waals surface area contributed by atoms with Crippen LogP contribution < -0.4 is 9.62 Å². The number of aryl methyl sites for hydroxylation is 2. The van der Waals surface area contributed by atoms with Crippen molar-refractivity contribution in [2.45, 2.75) is 50.0 Å². The summed E-state index contributed by atoms with van der Waals surface area (Å²) in [5, 5.41) is 0. The first-order valence-corrected chi connectivity index (χ1v) is 11.0. The highest BCUT2D eigenvalue weighted by molar-refractivity contribution is 7.89. The monoisotopic (exact) mass is 384 g/mol. The van der Waals surface area contributed by atoms with Crippen molar-refractivity contribution in [3.8, 4) is 0 Å². The van der Waals surface area contributed by atoms with Crippen LogP contribution in [-0.2, 0) is 34.1 Å². The van der Waals surface area contributed by atoms with Gasteiger partial charge in [-0.25, -0.2) is 8.42 Å². The molecule has 1 aliphatic carbocycles. The predicted octanol–water partition coefficient (Wildman–Crippen LogP) is 2.82. The zero-order valence-corrected chi connectivity index (χ0v) is 16.3. The summed E-state index contributed by atoms with van der Waals surface area (Å²) in [5.74, 6) is -0.221. The van der Waals surface area contributed by atoms with Crippen LogP contribution >= 0.6 is 0 Å². The topological polar surface area (TPSA) is 66.5 Å². The number of sulfonamides is 1. The number of rotatable bonds is 4. The normalized spacial score (nSPS) is 17.3. The number of fused-ring (bicyclic) bond motifs is 2. The van der Waals surface area contributed by atoms with Crippen molar-refractivity contribution >= 4 is 21.6 Å². The smallest absolute Gasteiger partial charge is 0.244 e. The summed E-state index contributed by atoms with van der Waals surface area (Å²) in [7, 11) is -3.74. The highest BCUT2D eigenvalue weighted by Gasteiger charge is 2.30. The van der Waals surface area contributed by atoms with Gasteiger partial charge in [0.25, 0.3) is 0 Å². The van der Waals surface area contributed by atoms with E-state index in [0.29, 0.717) is 6.54 Å². The first-order valence-electron chi connectivity index (χ1n) is 9.49. The van der Waals surface area contributed by atoms with Gasteiger partial charge in [0.2, 0.25) is 15.9 Å². The zero-order chi connectivity index (χ0) is 19.0. The third-order valence-electron chi connectivity index (χ3n) is 5.49. The quantitative estimate of drug-likeness (QED) is 0.881. The molecule has 6 heteroatoms. The van der Waals surface area contributed by atoms with Crippen molar-refractivity contribution in [1.82, 2.24) is 4.72 Å². The maximum atomic E-state index is 12.8. The molecule has 1 aliphatic heterocycles. The van der Waals surface area contributed by atoms with Crippen LogP contribution in [0.5, 0.6) is 0 Å². The molecule has 0 fully saturated rings. The van der Waals surface area contributed by atoms with Crippen LogP contribution in [0.4, 0.5) is 5.69 Å². The Morgan fingerprint density at radius 2 is 1.74 bits per heavy atom. The summed E-state index contributed by atoms with van der Waals surface area (Å²) in [5.41, 5.74) is 4.34. The van der Waals surface area contributed by atoms with Crippen molar-refractivity contribution < 1.29 is 13.2 Å². The van der Waals surface area contributed by atoms with Gasteiger partial charge in [0.1, 0.15) is 0 Å². The third kappa shape index (κ3) is 3.51. The Balaban J connectivity index is 1.52. The number of hydrogen-bond acceptors (Lipinski definition) is 3. The van der Waals surface area contributed by atoms with E-state index in [4.69, 9.17) is 0 Å². The van der Waals surface area contributed by atoms with Crippen LogP contribution in [0.2, 0.25) is 0 Å². The summed E-state index contributed by atoms with van der Waals surface area (Å²) < 4.78 is 28.2. The van der Waals surface area contributed by atoms with Crippen molar-refractivity contribution in [2.75, 3.05) is 11.4 Å². The van der Waals surface area contributed by atoms with E-state index in [1.807, 2.05) is 30.3 Å². The lowest BCUT2D eigenvalue weighted by atomic mass is 9.92.